The molecule has 1 saturated heterocycles. The predicted molar refractivity (Wildman–Crippen MR) is 95.8 cm³/mol. The molecule has 2 aliphatic rings. The van der Waals surface area contributed by atoms with Crippen molar-refractivity contribution in [3.63, 3.8) is 0 Å². The first kappa shape index (κ1) is 17.0. The van der Waals surface area contributed by atoms with Crippen LogP contribution in [0.4, 0.5) is 5.69 Å². The highest BCUT2D eigenvalue weighted by Gasteiger charge is 2.51. The summed E-state index contributed by atoms with van der Waals surface area (Å²) >= 11 is 0. The molecule has 0 radical (unpaired) electrons. The molecule has 0 N–H and O–H groups in total. The first-order valence-electron chi connectivity index (χ1n) is 9.18. The van der Waals surface area contributed by atoms with Gasteiger partial charge in [-0.3, -0.25) is 9.59 Å². The molecule has 130 valence electrons. The van der Waals surface area contributed by atoms with Gasteiger partial charge in [-0.25, -0.2) is 0 Å². The Morgan fingerprint density at radius 3 is 2.75 bits per heavy atom. The van der Waals surface area contributed by atoms with Crippen LogP contribution in [0.25, 0.3) is 0 Å². The summed E-state index contributed by atoms with van der Waals surface area (Å²) < 4.78 is 0. The van der Waals surface area contributed by atoms with Gasteiger partial charge in [-0.15, -0.1) is 0 Å². The zero-order valence-corrected chi connectivity index (χ0v) is 15.0. The highest BCUT2D eigenvalue weighted by atomic mass is 16.2. The molecule has 3 atom stereocenters. The van der Waals surface area contributed by atoms with E-state index in [2.05, 4.69) is 6.92 Å². The number of aryl methyl sites for hydroxylation is 1. The molecule has 0 bridgehead atoms. The minimum atomic E-state index is -0.129. The lowest BCUT2D eigenvalue weighted by Crippen LogP contribution is -2.41. The van der Waals surface area contributed by atoms with Gasteiger partial charge in [0, 0.05) is 25.3 Å². The third-order valence-electron chi connectivity index (χ3n) is 5.29. The molecular weight excluding hydrogens is 300 g/mol. The molecule has 1 aliphatic heterocycles. The van der Waals surface area contributed by atoms with Crippen LogP contribution in [0.2, 0.25) is 0 Å². The van der Waals surface area contributed by atoms with Gasteiger partial charge in [-0.2, -0.15) is 0 Å². The number of hydrogen-bond acceptors (Lipinski definition) is 2. The summed E-state index contributed by atoms with van der Waals surface area (Å²) in [6.07, 6.45) is 3.00. The second-order valence-corrected chi connectivity index (χ2v) is 7.40. The van der Waals surface area contributed by atoms with E-state index in [1.54, 1.807) is 0 Å². The highest BCUT2D eigenvalue weighted by Crippen LogP contribution is 2.42. The molecule has 1 saturated carbocycles. The summed E-state index contributed by atoms with van der Waals surface area (Å²) in [6, 6.07) is 8.01. The average Bonchev–Trinajstić information content (AvgIpc) is 3.35. The van der Waals surface area contributed by atoms with E-state index in [9.17, 15) is 9.59 Å². The molecule has 1 aromatic carbocycles. The van der Waals surface area contributed by atoms with E-state index in [-0.39, 0.29) is 23.7 Å². The number of hydrogen-bond donors (Lipinski definition) is 0. The summed E-state index contributed by atoms with van der Waals surface area (Å²) in [6.45, 7) is 8.57. The fraction of sp³-hybridized carbons (Fsp3) is 0.600. The number of carbonyl (C=O) groups is 2. The Balaban J connectivity index is 1.65. The van der Waals surface area contributed by atoms with E-state index in [0.717, 1.165) is 30.8 Å². The van der Waals surface area contributed by atoms with Crippen LogP contribution in [0, 0.1) is 24.7 Å². The van der Waals surface area contributed by atoms with E-state index in [1.807, 2.05) is 47.9 Å². The molecule has 0 spiro atoms. The Labute approximate surface area is 144 Å². The zero-order chi connectivity index (χ0) is 17.3. The molecule has 4 nitrogen and oxygen atoms in total. The van der Waals surface area contributed by atoms with Crippen molar-refractivity contribution in [3.05, 3.63) is 29.8 Å². The summed E-state index contributed by atoms with van der Waals surface area (Å²) in [7, 11) is 0. The van der Waals surface area contributed by atoms with Crippen LogP contribution >= 0.6 is 0 Å². The van der Waals surface area contributed by atoms with E-state index >= 15 is 0 Å². The predicted octanol–water partition coefficient (Wildman–Crippen LogP) is 3.24. The molecule has 4 heteroatoms. The number of likely N-dealkylation sites (tertiary alicyclic amines) is 1. The normalized spacial score (nSPS) is 26.1. The number of rotatable bonds is 4. The van der Waals surface area contributed by atoms with Gasteiger partial charge in [0.25, 0.3) is 0 Å². The Bertz CT molecular complexity index is 628. The van der Waals surface area contributed by atoms with Crippen LogP contribution in [0.1, 0.15) is 38.7 Å². The number of benzene rings is 1. The maximum atomic E-state index is 12.9. The van der Waals surface area contributed by atoms with Crippen LogP contribution in [0.5, 0.6) is 0 Å². The third-order valence-corrected chi connectivity index (χ3v) is 5.29. The minimum Gasteiger partial charge on any atom is -0.342 e. The topological polar surface area (TPSA) is 40.6 Å². The first-order chi connectivity index (χ1) is 11.5. The summed E-state index contributed by atoms with van der Waals surface area (Å²) in [5.74, 6) is 0.651. The lowest BCUT2D eigenvalue weighted by Gasteiger charge is -2.31. The van der Waals surface area contributed by atoms with Gasteiger partial charge >= 0.3 is 0 Å². The van der Waals surface area contributed by atoms with Crippen molar-refractivity contribution in [3.8, 4) is 0 Å². The van der Waals surface area contributed by atoms with Crippen molar-refractivity contribution >= 4 is 17.5 Å². The van der Waals surface area contributed by atoms with E-state index in [4.69, 9.17) is 0 Å². The van der Waals surface area contributed by atoms with Crippen molar-refractivity contribution in [2.75, 3.05) is 24.5 Å². The number of anilines is 1. The highest BCUT2D eigenvalue weighted by molar-refractivity contribution is 6.01. The largest absolute Gasteiger partial charge is 0.342 e. The molecule has 3 rings (SSSR count). The van der Waals surface area contributed by atoms with Crippen LogP contribution in [0.3, 0.4) is 0 Å². The molecule has 24 heavy (non-hydrogen) atoms. The first-order valence-corrected chi connectivity index (χ1v) is 9.18. The Kier molecular flexibility index (Phi) is 4.93. The zero-order valence-electron chi connectivity index (χ0n) is 15.0. The van der Waals surface area contributed by atoms with Gasteiger partial charge in [0.05, 0.1) is 11.8 Å². The summed E-state index contributed by atoms with van der Waals surface area (Å²) in [5, 5.41) is 0. The SMILES string of the molecule is CCN(C(=O)C1CC1C(=O)N1CCCC(C)C1)c1cccc(C)c1. The fourth-order valence-corrected chi connectivity index (χ4v) is 3.83. The molecule has 2 amide bonds. The lowest BCUT2D eigenvalue weighted by atomic mass is 10.00. The fourth-order valence-electron chi connectivity index (χ4n) is 3.83. The van der Waals surface area contributed by atoms with Crippen LogP contribution in [-0.2, 0) is 9.59 Å². The van der Waals surface area contributed by atoms with E-state index in [0.29, 0.717) is 18.9 Å². The average molecular weight is 328 g/mol. The maximum Gasteiger partial charge on any atom is 0.230 e. The molecule has 1 heterocycles. The van der Waals surface area contributed by atoms with Crippen molar-refractivity contribution in [2.45, 2.75) is 40.0 Å². The molecular formula is C20H28N2O2. The Morgan fingerprint density at radius 1 is 1.29 bits per heavy atom. The lowest BCUT2D eigenvalue weighted by molar-refractivity contribution is -0.135. The quantitative estimate of drug-likeness (QED) is 0.851. The van der Waals surface area contributed by atoms with Gasteiger partial charge in [0.2, 0.25) is 11.8 Å². The second-order valence-electron chi connectivity index (χ2n) is 7.40. The summed E-state index contributed by atoms with van der Waals surface area (Å²) in [4.78, 5) is 29.3. The minimum absolute atomic E-state index is 0.0957. The Morgan fingerprint density at radius 2 is 2.08 bits per heavy atom. The number of amides is 2. The standard InChI is InChI=1S/C20H28N2O2/c1-4-22(16-9-5-7-14(2)11-16)20(24)18-12-17(18)19(23)21-10-6-8-15(3)13-21/h5,7,9,11,15,17-18H,4,6,8,10,12-13H2,1-3H3. The van der Waals surface area contributed by atoms with Crippen molar-refractivity contribution < 1.29 is 9.59 Å². The maximum absolute atomic E-state index is 12.9. The molecule has 1 aromatic rings. The van der Waals surface area contributed by atoms with Crippen LogP contribution in [-0.4, -0.2) is 36.3 Å². The third kappa shape index (κ3) is 3.47. The van der Waals surface area contributed by atoms with Gasteiger partial charge < -0.3 is 9.80 Å². The monoisotopic (exact) mass is 328 g/mol. The summed E-state index contributed by atoms with van der Waals surface area (Å²) in [5.41, 5.74) is 2.08. The van der Waals surface area contributed by atoms with Gasteiger partial charge in [0.1, 0.15) is 0 Å². The molecule has 0 aromatic heterocycles. The van der Waals surface area contributed by atoms with Gasteiger partial charge in [-0.05, 0) is 56.7 Å². The van der Waals surface area contributed by atoms with Crippen molar-refractivity contribution in [2.24, 2.45) is 17.8 Å². The van der Waals surface area contributed by atoms with Gasteiger partial charge in [-0.1, -0.05) is 19.1 Å². The van der Waals surface area contributed by atoms with Crippen LogP contribution < -0.4 is 4.90 Å². The second kappa shape index (κ2) is 6.96. The van der Waals surface area contributed by atoms with Gasteiger partial charge in [0.15, 0.2) is 0 Å². The van der Waals surface area contributed by atoms with E-state index in [1.165, 1.54) is 6.42 Å². The Hall–Kier alpha value is -1.84. The van der Waals surface area contributed by atoms with Crippen molar-refractivity contribution in [1.82, 2.24) is 4.90 Å². The number of piperidine rings is 1. The molecule has 3 unspecified atom stereocenters. The molecule has 1 aliphatic carbocycles. The number of carbonyl (C=O) groups excluding carboxylic acids is 2. The van der Waals surface area contributed by atoms with E-state index < -0.39 is 0 Å². The number of nitrogens with zero attached hydrogens (tertiary/aromatic N) is 2. The smallest absolute Gasteiger partial charge is 0.230 e. The van der Waals surface area contributed by atoms with Crippen LogP contribution in [0.15, 0.2) is 24.3 Å². The van der Waals surface area contributed by atoms with Crippen molar-refractivity contribution in [1.29, 1.82) is 0 Å². The molecule has 2 fully saturated rings.